The molecule has 0 N–H and O–H groups in total. The zero-order valence-electron chi connectivity index (χ0n) is 12.6. The van der Waals surface area contributed by atoms with E-state index in [1.54, 1.807) is 30.2 Å². The summed E-state index contributed by atoms with van der Waals surface area (Å²) in [6.45, 7) is 2.53. The summed E-state index contributed by atoms with van der Waals surface area (Å²) in [5.41, 5.74) is 0.782. The third-order valence-electron chi connectivity index (χ3n) is 2.88. The Balaban J connectivity index is 3.04. The number of pyridine rings is 1. The zero-order chi connectivity index (χ0) is 17.4. The minimum Gasteiger partial charge on any atom is -0.433 e. The Kier molecular flexibility index (Phi) is 7.56. The number of carbonyl (C=O) groups excluding carboxylic acids is 1. The molecule has 0 radical (unpaired) electrons. The smallest absolute Gasteiger partial charge is 0.416 e. The highest BCUT2D eigenvalue weighted by Gasteiger charge is 2.23. The lowest BCUT2D eigenvalue weighted by atomic mass is 10.2. The zero-order valence-corrected chi connectivity index (χ0v) is 14.1. The maximum absolute atomic E-state index is 11.8. The van der Waals surface area contributed by atoms with Crippen LogP contribution in [0.25, 0.3) is 0 Å². The van der Waals surface area contributed by atoms with Crippen LogP contribution < -0.4 is 0 Å². The van der Waals surface area contributed by atoms with Crippen LogP contribution in [0.4, 0.5) is 4.79 Å². The van der Waals surface area contributed by atoms with Crippen LogP contribution in [0.5, 0.6) is 0 Å². The number of nitro groups is 1. The van der Waals surface area contributed by atoms with Crippen LogP contribution in [-0.4, -0.2) is 45.5 Å². The molecule has 0 bridgehead atoms. The van der Waals surface area contributed by atoms with E-state index in [2.05, 4.69) is 9.72 Å². The van der Waals surface area contributed by atoms with Crippen LogP contribution >= 0.6 is 23.2 Å². The number of rotatable bonds is 7. The van der Waals surface area contributed by atoms with Crippen molar-refractivity contribution in [2.24, 2.45) is 0 Å². The van der Waals surface area contributed by atoms with E-state index >= 15 is 0 Å². The molecule has 0 aliphatic carbocycles. The Morgan fingerprint density at radius 2 is 2.22 bits per heavy atom. The van der Waals surface area contributed by atoms with Gasteiger partial charge in [0.2, 0.25) is 0 Å². The van der Waals surface area contributed by atoms with E-state index in [9.17, 15) is 14.9 Å². The van der Waals surface area contributed by atoms with Gasteiger partial charge in [0.1, 0.15) is 5.15 Å². The number of aromatic nitrogens is 1. The largest absolute Gasteiger partial charge is 0.433 e. The predicted molar refractivity (Wildman–Crippen MR) is 85.4 cm³/mol. The molecule has 0 fully saturated rings. The highest BCUT2D eigenvalue weighted by Crippen LogP contribution is 2.16. The van der Waals surface area contributed by atoms with Gasteiger partial charge in [-0.3, -0.25) is 15.0 Å². The second-order valence-corrected chi connectivity index (χ2v) is 4.96. The third kappa shape index (κ3) is 5.91. The predicted octanol–water partition coefficient (Wildman–Crippen LogP) is 2.90. The van der Waals surface area contributed by atoms with Gasteiger partial charge in [-0.15, -0.1) is 0 Å². The van der Waals surface area contributed by atoms with Crippen LogP contribution in [0.3, 0.4) is 0 Å². The first kappa shape index (κ1) is 19.0. The molecule has 0 atom stereocenters. The number of alkyl halides is 1. The van der Waals surface area contributed by atoms with Crippen LogP contribution in [0.1, 0.15) is 12.5 Å². The van der Waals surface area contributed by atoms with Crippen molar-refractivity contribution in [3.8, 4) is 0 Å². The van der Waals surface area contributed by atoms with Crippen molar-refractivity contribution in [1.82, 2.24) is 14.8 Å². The number of hydrogen-bond acceptors (Lipinski definition) is 6. The molecule has 1 aromatic rings. The fourth-order valence-corrected chi connectivity index (χ4v) is 1.99. The van der Waals surface area contributed by atoms with Gasteiger partial charge in [0.25, 0.3) is 6.20 Å². The van der Waals surface area contributed by atoms with Gasteiger partial charge in [0, 0.05) is 26.3 Å². The van der Waals surface area contributed by atoms with Gasteiger partial charge in [-0.2, -0.15) is 0 Å². The Labute approximate surface area is 143 Å². The first-order chi connectivity index (χ1) is 10.9. The molecule has 0 aliphatic rings. The highest BCUT2D eigenvalue weighted by molar-refractivity contribution is 6.29. The van der Waals surface area contributed by atoms with Crippen LogP contribution in [0, 0.1) is 10.1 Å². The van der Waals surface area contributed by atoms with Gasteiger partial charge in [-0.25, -0.2) is 9.78 Å². The molecule has 8 nitrogen and oxygen atoms in total. The van der Waals surface area contributed by atoms with Crippen molar-refractivity contribution in [3.05, 3.63) is 51.2 Å². The number of ether oxygens (including phenoxy) is 1. The molecule has 0 saturated heterocycles. The van der Waals surface area contributed by atoms with Gasteiger partial charge in [0.05, 0.1) is 4.92 Å². The van der Waals surface area contributed by atoms with Gasteiger partial charge < -0.3 is 9.64 Å². The lowest BCUT2D eigenvalue weighted by molar-refractivity contribution is -0.405. The molecular formula is C13H16Cl2N4O4. The Morgan fingerprint density at radius 3 is 2.70 bits per heavy atom. The van der Waals surface area contributed by atoms with E-state index in [-0.39, 0.29) is 11.9 Å². The second kappa shape index (κ2) is 9.16. The van der Waals surface area contributed by atoms with Crippen molar-refractivity contribution in [2.75, 3.05) is 19.7 Å². The number of nitrogens with zero attached hydrogens (tertiary/aromatic N) is 4. The van der Waals surface area contributed by atoms with Gasteiger partial charge in [0.15, 0.2) is 11.9 Å². The topological polar surface area (TPSA) is 88.8 Å². The maximum atomic E-state index is 11.8. The average molecular weight is 363 g/mol. The minimum absolute atomic E-state index is 0.0718. The molecule has 0 aromatic carbocycles. The molecule has 126 valence electrons. The lowest BCUT2D eigenvalue weighted by Gasteiger charge is -2.29. The summed E-state index contributed by atoms with van der Waals surface area (Å²) in [5, 5.41) is 11.2. The third-order valence-corrected chi connectivity index (χ3v) is 3.22. The number of amides is 1. The van der Waals surface area contributed by atoms with Crippen molar-refractivity contribution < 1.29 is 14.5 Å². The molecule has 0 unspecified atom stereocenters. The Bertz CT molecular complexity index is 580. The van der Waals surface area contributed by atoms with Crippen molar-refractivity contribution >= 4 is 29.3 Å². The van der Waals surface area contributed by atoms with Crippen LogP contribution in [0.2, 0.25) is 5.15 Å². The van der Waals surface area contributed by atoms with E-state index in [1.165, 1.54) is 7.05 Å². The van der Waals surface area contributed by atoms with E-state index in [0.717, 1.165) is 16.7 Å². The van der Waals surface area contributed by atoms with Crippen LogP contribution in [-0.2, 0) is 11.3 Å². The summed E-state index contributed by atoms with van der Waals surface area (Å²) >= 11 is 11.1. The SMILES string of the molecule is CCN(Cc1ccc(Cl)nc1)/C(=C/[N+](=O)[O-])N(C)C(=O)OCCl. The molecule has 0 aliphatic heterocycles. The Morgan fingerprint density at radius 1 is 1.52 bits per heavy atom. The molecule has 0 saturated carbocycles. The molecule has 1 rings (SSSR count). The van der Waals surface area contributed by atoms with Crippen molar-refractivity contribution in [2.45, 2.75) is 13.5 Å². The fourth-order valence-electron chi connectivity index (χ4n) is 1.79. The van der Waals surface area contributed by atoms with E-state index < -0.39 is 11.0 Å². The normalized spacial score (nSPS) is 11.0. The minimum atomic E-state index is -0.791. The van der Waals surface area contributed by atoms with Crippen LogP contribution in [0.15, 0.2) is 30.4 Å². The molecule has 1 amide bonds. The number of halogens is 2. The molecule has 23 heavy (non-hydrogen) atoms. The summed E-state index contributed by atoms with van der Waals surface area (Å²) in [4.78, 5) is 28.6. The van der Waals surface area contributed by atoms with E-state index in [1.807, 2.05) is 0 Å². The standard InChI is InChI=1S/C13H16Cl2N4O4/c1-3-18(7-10-4-5-11(15)16-6-10)12(8-19(21)22)17(2)13(20)23-9-14/h4-6,8H,3,7,9H2,1-2H3/b12-8+. The van der Waals surface area contributed by atoms with E-state index in [4.69, 9.17) is 23.2 Å². The highest BCUT2D eigenvalue weighted by atomic mass is 35.5. The first-order valence-electron chi connectivity index (χ1n) is 6.56. The molecule has 0 spiro atoms. The quantitative estimate of drug-likeness (QED) is 0.320. The van der Waals surface area contributed by atoms with Crippen molar-refractivity contribution in [3.63, 3.8) is 0 Å². The lowest BCUT2D eigenvalue weighted by Crippen LogP contribution is -2.37. The van der Waals surface area contributed by atoms with Crippen molar-refractivity contribution in [1.29, 1.82) is 0 Å². The Hall–Kier alpha value is -2.06. The molecular weight excluding hydrogens is 347 g/mol. The summed E-state index contributed by atoms with van der Waals surface area (Å²) in [6.07, 6.45) is 1.51. The fraction of sp³-hybridized carbons (Fsp3) is 0.385. The summed E-state index contributed by atoms with van der Waals surface area (Å²) < 4.78 is 4.66. The monoisotopic (exact) mass is 362 g/mol. The molecule has 1 aromatic heterocycles. The van der Waals surface area contributed by atoms with Gasteiger partial charge >= 0.3 is 6.09 Å². The second-order valence-electron chi connectivity index (χ2n) is 4.35. The summed E-state index contributed by atoms with van der Waals surface area (Å²) in [6, 6.07) is 3.02. The van der Waals surface area contributed by atoms with Gasteiger partial charge in [-0.1, -0.05) is 29.3 Å². The number of hydrogen-bond donors (Lipinski definition) is 0. The summed E-state index contributed by atoms with van der Waals surface area (Å²) in [7, 11) is 1.37. The molecule has 1 heterocycles. The molecule has 10 heteroatoms. The average Bonchev–Trinajstić information content (AvgIpc) is 2.51. The number of carbonyl (C=O) groups is 1. The first-order valence-corrected chi connectivity index (χ1v) is 7.47. The summed E-state index contributed by atoms with van der Waals surface area (Å²) in [5.74, 6) is 0.0718. The maximum Gasteiger partial charge on any atom is 0.416 e. The van der Waals surface area contributed by atoms with E-state index in [0.29, 0.717) is 18.2 Å². The van der Waals surface area contributed by atoms with Gasteiger partial charge in [-0.05, 0) is 18.6 Å².